The fraction of sp³-hybridized carbons (Fsp3) is 0.750. The van der Waals surface area contributed by atoms with E-state index in [1.807, 2.05) is 0 Å². The molecular weight excluding hydrogens is 188 g/mol. The van der Waals surface area contributed by atoms with Crippen LogP contribution in [-0.4, -0.2) is 56.2 Å². The summed E-state index contributed by atoms with van der Waals surface area (Å²) in [6, 6.07) is -0.648. The van der Waals surface area contributed by atoms with Gasteiger partial charge in [0.15, 0.2) is 6.04 Å². The van der Waals surface area contributed by atoms with E-state index >= 15 is 0 Å². The van der Waals surface area contributed by atoms with Crippen molar-refractivity contribution in [2.75, 3.05) is 33.4 Å². The molecule has 1 saturated heterocycles. The van der Waals surface area contributed by atoms with Gasteiger partial charge in [0.25, 0.3) is 0 Å². The number of carbonyl (C=O) groups excluding carboxylic acids is 2. The number of hydrogen-bond donors (Lipinski definition) is 1. The summed E-state index contributed by atoms with van der Waals surface area (Å²) in [5.41, 5.74) is 5.22. The summed E-state index contributed by atoms with van der Waals surface area (Å²) in [5, 5.41) is 0. The van der Waals surface area contributed by atoms with Crippen molar-refractivity contribution in [3.8, 4) is 0 Å². The van der Waals surface area contributed by atoms with Gasteiger partial charge < -0.3 is 20.1 Å². The molecule has 0 aliphatic carbocycles. The van der Waals surface area contributed by atoms with Crippen molar-refractivity contribution in [2.45, 2.75) is 6.04 Å². The second-order valence-electron chi connectivity index (χ2n) is 2.91. The summed E-state index contributed by atoms with van der Waals surface area (Å²) in [6.45, 7) is 0.890. The van der Waals surface area contributed by atoms with Gasteiger partial charge in [0.1, 0.15) is 0 Å². The molecule has 0 spiro atoms. The molecule has 0 radical (unpaired) electrons. The van der Waals surface area contributed by atoms with E-state index in [1.54, 1.807) is 0 Å². The van der Waals surface area contributed by atoms with Crippen LogP contribution < -0.4 is 5.73 Å². The van der Waals surface area contributed by atoms with Gasteiger partial charge in [-0.05, 0) is 0 Å². The van der Waals surface area contributed by atoms with Gasteiger partial charge in [-0.3, -0.25) is 4.79 Å². The Morgan fingerprint density at radius 2 is 2.36 bits per heavy atom. The van der Waals surface area contributed by atoms with Gasteiger partial charge in [-0.15, -0.1) is 0 Å². The standard InChI is InChI=1S/C8H14N2O4/c1-13-8(12)6-5-14-3-2-10(6)7(11)4-9/h6H,2-5,9H2,1H3. The van der Waals surface area contributed by atoms with Crippen LogP contribution in [0.15, 0.2) is 0 Å². The molecule has 0 aromatic carbocycles. The topological polar surface area (TPSA) is 81.9 Å². The monoisotopic (exact) mass is 202 g/mol. The summed E-state index contributed by atoms with van der Waals surface area (Å²) in [6.07, 6.45) is 0. The van der Waals surface area contributed by atoms with Gasteiger partial charge >= 0.3 is 5.97 Å². The number of nitrogens with zero attached hydrogens (tertiary/aromatic N) is 1. The van der Waals surface area contributed by atoms with Crippen molar-refractivity contribution in [3.63, 3.8) is 0 Å². The van der Waals surface area contributed by atoms with Crippen LogP contribution in [0.4, 0.5) is 0 Å². The number of hydrogen-bond acceptors (Lipinski definition) is 5. The zero-order valence-corrected chi connectivity index (χ0v) is 8.06. The van der Waals surface area contributed by atoms with Crippen molar-refractivity contribution in [2.24, 2.45) is 5.73 Å². The minimum atomic E-state index is -0.648. The third-order valence-corrected chi connectivity index (χ3v) is 2.10. The Labute approximate surface area is 81.9 Å². The fourth-order valence-corrected chi connectivity index (χ4v) is 1.35. The summed E-state index contributed by atoms with van der Waals surface area (Å²) >= 11 is 0. The van der Waals surface area contributed by atoms with Crippen molar-refractivity contribution >= 4 is 11.9 Å². The second kappa shape index (κ2) is 4.92. The van der Waals surface area contributed by atoms with Crippen LogP contribution in [0, 0.1) is 0 Å². The highest BCUT2D eigenvalue weighted by molar-refractivity contribution is 5.85. The molecule has 6 nitrogen and oxygen atoms in total. The number of methoxy groups -OCH3 is 1. The van der Waals surface area contributed by atoms with Gasteiger partial charge in [0.2, 0.25) is 5.91 Å². The molecule has 2 N–H and O–H groups in total. The minimum Gasteiger partial charge on any atom is -0.467 e. The van der Waals surface area contributed by atoms with E-state index in [0.717, 1.165) is 0 Å². The Morgan fingerprint density at radius 1 is 1.64 bits per heavy atom. The highest BCUT2D eigenvalue weighted by atomic mass is 16.5. The fourth-order valence-electron chi connectivity index (χ4n) is 1.35. The first-order chi connectivity index (χ1) is 6.70. The average molecular weight is 202 g/mol. The van der Waals surface area contributed by atoms with E-state index in [1.165, 1.54) is 12.0 Å². The smallest absolute Gasteiger partial charge is 0.331 e. The molecule has 1 amide bonds. The third kappa shape index (κ3) is 2.21. The van der Waals surface area contributed by atoms with E-state index in [9.17, 15) is 9.59 Å². The van der Waals surface area contributed by atoms with Gasteiger partial charge in [-0.1, -0.05) is 0 Å². The summed E-state index contributed by atoms with van der Waals surface area (Å²) < 4.78 is 9.66. The summed E-state index contributed by atoms with van der Waals surface area (Å²) in [5.74, 6) is -0.727. The van der Waals surface area contributed by atoms with Crippen molar-refractivity contribution in [1.82, 2.24) is 4.90 Å². The minimum absolute atomic E-state index is 0.104. The number of ether oxygens (including phenoxy) is 2. The second-order valence-corrected chi connectivity index (χ2v) is 2.91. The molecule has 0 aromatic heterocycles. The van der Waals surface area contributed by atoms with E-state index in [2.05, 4.69) is 4.74 Å². The first-order valence-corrected chi connectivity index (χ1v) is 4.35. The first-order valence-electron chi connectivity index (χ1n) is 4.35. The zero-order chi connectivity index (χ0) is 10.6. The molecule has 1 rings (SSSR count). The predicted octanol–water partition coefficient (Wildman–Crippen LogP) is -1.65. The van der Waals surface area contributed by atoms with Crippen LogP contribution in [0.2, 0.25) is 0 Å². The maximum Gasteiger partial charge on any atom is 0.331 e. The summed E-state index contributed by atoms with van der Waals surface area (Å²) in [4.78, 5) is 24.0. The molecule has 1 unspecified atom stereocenters. The molecule has 1 atom stereocenters. The van der Waals surface area contributed by atoms with Crippen LogP contribution in [-0.2, 0) is 19.1 Å². The van der Waals surface area contributed by atoms with Crippen molar-refractivity contribution in [1.29, 1.82) is 0 Å². The number of amides is 1. The maximum atomic E-state index is 11.3. The zero-order valence-electron chi connectivity index (χ0n) is 8.06. The Balaban J connectivity index is 2.68. The molecule has 14 heavy (non-hydrogen) atoms. The SMILES string of the molecule is COC(=O)C1COCCN1C(=O)CN. The van der Waals surface area contributed by atoms with Crippen LogP contribution in [0.25, 0.3) is 0 Å². The van der Waals surface area contributed by atoms with Gasteiger partial charge in [0, 0.05) is 6.54 Å². The third-order valence-electron chi connectivity index (χ3n) is 2.10. The molecule has 0 aromatic rings. The first kappa shape index (κ1) is 10.9. The summed E-state index contributed by atoms with van der Waals surface area (Å²) in [7, 11) is 1.28. The van der Waals surface area contributed by atoms with Crippen LogP contribution in [0.3, 0.4) is 0 Å². The maximum absolute atomic E-state index is 11.3. The Kier molecular flexibility index (Phi) is 3.84. The highest BCUT2D eigenvalue weighted by Gasteiger charge is 2.32. The number of rotatable bonds is 2. The van der Waals surface area contributed by atoms with E-state index in [4.69, 9.17) is 10.5 Å². The van der Waals surface area contributed by atoms with Gasteiger partial charge in [-0.2, -0.15) is 0 Å². The van der Waals surface area contributed by atoms with Crippen molar-refractivity contribution < 1.29 is 19.1 Å². The average Bonchev–Trinajstić information content (AvgIpc) is 2.27. The lowest BCUT2D eigenvalue weighted by Gasteiger charge is -2.33. The quantitative estimate of drug-likeness (QED) is 0.542. The molecule has 0 bridgehead atoms. The lowest BCUT2D eigenvalue weighted by Crippen LogP contribution is -2.54. The lowest BCUT2D eigenvalue weighted by molar-refractivity contribution is -0.160. The molecule has 1 aliphatic rings. The molecule has 80 valence electrons. The molecule has 6 heteroatoms. The normalized spacial score (nSPS) is 21.9. The number of carbonyl (C=O) groups is 2. The molecule has 1 heterocycles. The van der Waals surface area contributed by atoms with E-state index in [-0.39, 0.29) is 19.1 Å². The Bertz CT molecular complexity index is 207. The molecule has 1 fully saturated rings. The number of morpholine rings is 1. The lowest BCUT2D eigenvalue weighted by atomic mass is 10.2. The van der Waals surface area contributed by atoms with Crippen molar-refractivity contribution in [3.05, 3.63) is 0 Å². The molecule has 1 aliphatic heterocycles. The number of nitrogens with two attached hydrogens (primary N) is 1. The van der Waals surface area contributed by atoms with Gasteiger partial charge in [-0.25, -0.2) is 4.79 Å². The predicted molar refractivity (Wildman–Crippen MR) is 47.4 cm³/mol. The van der Waals surface area contributed by atoms with Crippen LogP contribution in [0.1, 0.15) is 0 Å². The Hall–Kier alpha value is -1.14. The van der Waals surface area contributed by atoms with Crippen LogP contribution >= 0.6 is 0 Å². The molecular formula is C8H14N2O4. The highest BCUT2D eigenvalue weighted by Crippen LogP contribution is 2.08. The van der Waals surface area contributed by atoms with E-state index < -0.39 is 12.0 Å². The Morgan fingerprint density at radius 3 is 2.93 bits per heavy atom. The van der Waals surface area contributed by atoms with Gasteiger partial charge in [0.05, 0.1) is 26.9 Å². The number of esters is 1. The molecule has 0 saturated carbocycles. The largest absolute Gasteiger partial charge is 0.467 e. The van der Waals surface area contributed by atoms with Crippen LogP contribution in [0.5, 0.6) is 0 Å². The van der Waals surface area contributed by atoms with E-state index in [0.29, 0.717) is 13.2 Å².